The molecule has 0 saturated heterocycles. The van der Waals surface area contributed by atoms with E-state index >= 15 is 0 Å². The van der Waals surface area contributed by atoms with Gasteiger partial charge in [-0.15, -0.1) is 0 Å². The van der Waals surface area contributed by atoms with Gasteiger partial charge in [-0.25, -0.2) is 0 Å². The van der Waals surface area contributed by atoms with Gasteiger partial charge in [0, 0.05) is 6.16 Å². The molecule has 1 atom stereocenters. The Kier molecular flexibility index (Phi) is 5.49. The van der Waals surface area contributed by atoms with Crippen LogP contribution in [-0.2, 0) is 0 Å². The third kappa shape index (κ3) is 5.11. The van der Waals surface area contributed by atoms with E-state index < -0.39 is 18.4 Å². The van der Waals surface area contributed by atoms with Gasteiger partial charge in [-0.3, -0.25) is 0 Å². The first-order valence-corrected chi connectivity index (χ1v) is 13.9. The number of rotatable bonds is 3. The molecule has 11 heteroatoms. The molecule has 0 saturated carbocycles. The first kappa shape index (κ1) is 15.2. The average Bonchev–Trinajstić information content (AvgIpc) is 1.93. The van der Waals surface area contributed by atoms with E-state index in [1.54, 1.807) is 0 Å². The molecule has 1 aliphatic heterocycles. The monoisotopic (exact) mass is 367 g/mol. The van der Waals surface area contributed by atoms with Crippen LogP contribution in [0.1, 0.15) is 19.8 Å². The van der Waals surface area contributed by atoms with E-state index in [0.29, 0.717) is 6.16 Å². The Morgan fingerprint density at radius 2 is 1.40 bits per heavy atom. The minimum atomic E-state index is -2.82. The number of nitrogens with zero attached hydrogens (tertiary/aromatic N) is 3. The molecule has 3 nitrogen and oxygen atoms in total. The lowest BCUT2D eigenvalue weighted by Gasteiger charge is -2.21. The second-order valence-electron chi connectivity index (χ2n) is 2.90. The highest BCUT2D eigenvalue weighted by Crippen LogP contribution is 2.86. The van der Waals surface area contributed by atoms with Gasteiger partial charge in [0.15, 0.2) is 6.56 Å². The van der Waals surface area contributed by atoms with Gasteiger partial charge in [0.25, 0.3) is 11.8 Å². The van der Waals surface area contributed by atoms with E-state index in [9.17, 15) is 0 Å². The fourth-order valence-electron chi connectivity index (χ4n) is 0.962. The van der Waals surface area contributed by atoms with Gasteiger partial charge < -0.3 is 0 Å². The zero-order valence-electron chi connectivity index (χ0n) is 7.69. The summed E-state index contributed by atoms with van der Waals surface area (Å²) in [6, 6.07) is 0. The average molecular weight is 369 g/mol. The van der Waals surface area contributed by atoms with Crippen LogP contribution in [0.4, 0.5) is 0 Å². The van der Waals surface area contributed by atoms with Gasteiger partial charge in [-0.2, -0.15) is 13.5 Å². The second kappa shape index (κ2) is 5.41. The highest BCUT2D eigenvalue weighted by Gasteiger charge is 2.31. The van der Waals surface area contributed by atoms with E-state index in [4.69, 9.17) is 56.2 Å². The van der Waals surface area contributed by atoms with Crippen LogP contribution in [-0.4, -0.2) is 6.16 Å². The molecule has 0 N–H and O–H groups in total. The molecular formula is C4H9Cl5N3P3. The predicted octanol–water partition coefficient (Wildman–Crippen LogP) is 7.92. The van der Waals surface area contributed by atoms with E-state index in [1.807, 2.05) is 6.92 Å². The standard InChI is InChI=1S/C4H9Cl5N3P3/c1-2-3-4-13(5)10-14(6,7)12-15(8,9)11-13/h2-4H2,1H3. The lowest BCUT2D eigenvalue weighted by atomic mass is 10.4. The summed E-state index contributed by atoms with van der Waals surface area (Å²) in [6.07, 6.45) is 2.51. The van der Waals surface area contributed by atoms with E-state index in [0.717, 1.165) is 12.8 Å². The minimum absolute atomic E-state index is 0.628. The zero-order chi connectivity index (χ0) is 11.7. The van der Waals surface area contributed by atoms with E-state index in [2.05, 4.69) is 13.5 Å². The van der Waals surface area contributed by atoms with Crippen molar-refractivity contribution in [2.24, 2.45) is 13.5 Å². The molecule has 1 rings (SSSR count). The van der Waals surface area contributed by atoms with Crippen LogP contribution in [0.5, 0.6) is 0 Å². The summed E-state index contributed by atoms with van der Waals surface area (Å²) in [5, 5.41) is 0. The van der Waals surface area contributed by atoms with Gasteiger partial charge in [0.1, 0.15) is 0 Å². The van der Waals surface area contributed by atoms with Crippen molar-refractivity contribution in [2.45, 2.75) is 19.8 Å². The van der Waals surface area contributed by atoms with Gasteiger partial charge in [-0.05, 0) is 51.4 Å². The molecule has 15 heavy (non-hydrogen) atoms. The third-order valence-corrected chi connectivity index (χ3v) is 14.6. The molecule has 0 fully saturated rings. The van der Waals surface area contributed by atoms with Crippen molar-refractivity contribution in [3.05, 3.63) is 0 Å². The van der Waals surface area contributed by atoms with Gasteiger partial charge in [0.05, 0.1) is 0 Å². The van der Waals surface area contributed by atoms with Crippen LogP contribution in [0.25, 0.3) is 0 Å². The summed E-state index contributed by atoms with van der Waals surface area (Å²) in [5.74, 6) is -5.63. The Labute approximate surface area is 113 Å². The maximum Gasteiger partial charge on any atom is 0.256 e. The molecule has 1 aliphatic rings. The Bertz CT molecular complexity index is 398. The fourth-order valence-corrected chi connectivity index (χ4v) is 19.6. The quantitative estimate of drug-likeness (QED) is 0.453. The van der Waals surface area contributed by atoms with Crippen LogP contribution in [0, 0.1) is 0 Å². The molecule has 90 valence electrons. The SMILES string of the molecule is CCCCP1(Cl)=NP(Cl)(Cl)=NP(Cl)(Cl)=N1. The Hall–Kier alpha value is 2.14. The maximum absolute atomic E-state index is 6.26. The summed E-state index contributed by atoms with van der Waals surface area (Å²) in [5.41, 5.74) is 0. The number of hydrogen-bond donors (Lipinski definition) is 0. The van der Waals surface area contributed by atoms with Crippen molar-refractivity contribution >= 4 is 74.6 Å². The summed E-state index contributed by atoms with van der Waals surface area (Å²) < 4.78 is 12.1. The second-order valence-corrected chi connectivity index (χ2v) is 16.9. The van der Waals surface area contributed by atoms with E-state index in [-0.39, 0.29) is 0 Å². The third-order valence-electron chi connectivity index (χ3n) is 1.50. The molecule has 0 aromatic rings. The van der Waals surface area contributed by atoms with Gasteiger partial charge in [-0.1, -0.05) is 24.6 Å². The Morgan fingerprint density at radius 3 is 1.87 bits per heavy atom. The van der Waals surface area contributed by atoms with Crippen molar-refractivity contribution in [3.63, 3.8) is 0 Å². The summed E-state index contributed by atoms with van der Waals surface area (Å²) in [6.45, 7) is -0.377. The van der Waals surface area contributed by atoms with Crippen LogP contribution >= 0.6 is 74.6 Å². The highest BCUT2D eigenvalue weighted by molar-refractivity contribution is 8.22. The topological polar surface area (TPSA) is 37.1 Å². The van der Waals surface area contributed by atoms with Crippen LogP contribution in [0.2, 0.25) is 0 Å². The molecule has 1 unspecified atom stereocenters. The predicted molar refractivity (Wildman–Crippen MR) is 77.1 cm³/mol. The van der Waals surface area contributed by atoms with Crippen LogP contribution in [0.15, 0.2) is 13.5 Å². The normalized spacial score (nSPS) is 32.4. The highest BCUT2D eigenvalue weighted by atomic mass is 35.9. The lowest BCUT2D eigenvalue weighted by molar-refractivity contribution is 0.891. The molecule has 0 radical (unpaired) electrons. The largest absolute Gasteiger partial charge is 0.256 e. The Morgan fingerprint density at radius 1 is 0.867 bits per heavy atom. The van der Waals surface area contributed by atoms with Crippen molar-refractivity contribution in [1.29, 1.82) is 0 Å². The van der Waals surface area contributed by atoms with E-state index in [1.165, 1.54) is 0 Å². The number of halogens is 5. The molecule has 0 spiro atoms. The minimum Gasteiger partial charge on any atom is -0.198 e. The number of hydrogen-bond acceptors (Lipinski definition) is 3. The molecular weight excluding hydrogens is 360 g/mol. The van der Waals surface area contributed by atoms with Crippen molar-refractivity contribution < 1.29 is 0 Å². The molecule has 0 bridgehead atoms. The first-order chi connectivity index (χ1) is 6.68. The molecule has 0 aromatic carbocycles. The number of unbranched alkanes of at least 4 members (excludes halogenated alkanes) is 1. The summed E-state index contributed by atoms with van der Waals surface area (Å²) in [7, 11) is 0. The molecule has 0 aromatic heterocycles. The van der Waals surface area contributed by atoms with Crippen LogP contribution < -0.4 is 0 Å². The van der Waals surface area contributed by atoms with Crippen molar-refractivity contribution in [1.82, 2.24) is 0 Å². The summed E-state index contributed by atoms with van der Waals surface area (Å²) in [4.78, 5) is 0. The molecule has 0 amide bonds. The van der Waals surface area contributed by atoms with Crippen LogP contribution in [0.3, 0.4) is 0 Å². The first-order valence-electron chi connectivity index (χ1n) is 4.07. The summed E-state index contributed by atoms with van der Waals surface area (Å²) >= 11 is 29.9. The maximum atomic E-state index is 6.26. The fraction of sp³-hybridized carbons (Fsp3) is 1.00. The van der Waals surface area contributed by atoms with Gasteiger partial charge >= 0.3 is 0 Å². The van der Waals surface area contributed by atoms with Crippen molar-refractivity contribution in [2.75, 3.05) is 6.16 Å². The Balaban J connectivity index is 3.18. The molecule has 0 aliphatic carbocycles. The lowest BCUT2D eigenvalue weighted by Crippen LogP contribution is -1.82. The smallest absolute Gasteiger partial charge is 0.198 e. The molecule has 1 heterocycles. The zero-order valence-corrected chi connectivity index (χ0v) is 14.2. The van der Waals surface area contributed by atoms with Gasteiger partial charge in [0.2, 0.25) is 0 Å². The van der Waals surface area contributed by atoms with Crippen molar-refractivity contribution in [3.8, 4) is 0 Å².